The second kappa shape index (κ2) is 27.3. The number of piperazine rings is 1. The van der Waals surface area contributed by atoms with Gasteiger partial charge in [0.2, 0.25) is 0 Å². The molecule has 0 spiro atoms. The molecular weight excluding hydrogens is 1120 g/mol. The normalized spacial score (nSPS) is 33.7. The lowest BCUT2D eigenvalue weighted by molar-refractivity contribution is -0.306. The number of ether oxygens (including phenoxy) is 7. The number of nitrogens with two attached hydrogens (primary N) is 6. The molecular formula is C54H81N19O13. The van der Waals surface area contributed by atoms with Gasteiger partial charge in [-0.2, -0.15) is 0 Å². The van der Waals surface area contributed by atoms with E-state index in [0.717, 1.165) is 67.1 Å². The molecule has 0 amide bonds. The highest BCUT2D eigenvalue weighted by Gasteiger charge is 2.55. The number of anilines is 1. The molecule has 4 saturated heterocycles. The molecule has 19 N–H and O–H groups in total. The van der Waals surface area contributed by atoms with Gasteiger partial charge in [0.25, 0.3) is 0 Å². The molecule has 19 atom stereocenters. The van der Waals surface area contributed by atoms with E-state index in [1.807, 2.05) is 36.7 Å². The number of fused-ring (bicyclic) bond motifs is 1. The molecule has 4 aromatic heterocycles. The summed E-state index contributed by atoms with van der Waals surface area (Å²) in [6.45, 7) is 4.99. The van der Waals surface area contributed by atoms with Gasteiger partial charge in [-0.1, -0.05) is 15.6 Å². The molecule has 1 aliphatic carbocycles. The number of rotatable bonds is 23. The van der Waals surface area contributed by atoms with Crippen molar-refractivity contribution in [2.75, 3.05) is 51.2 Å². The molecule has 4 aliphatic heterocycles. The number of aryl methyl sites for hydroxylation is 4. The van der Waals surface area contributed by atoms with Gasteiger partial charge in [-0.3, -0.25) is 9.36 Å². The van der Waals surface area contributed by atoms with Crippen LogP contribution in [-0.4, -0.2) is 253 Å². The third-order valence-corrected chi connectivity index (χ3v) is 16.8. The fourth-order valence-electron chi connectivity index (χ4n) is 11.6. The van der Waals surface area contributed by atoms with E-state index in [1.54, 1.807) is 15.6 Å². The van der Waals surface area contributed by atoms with E-state index in [1.165, 1.54) is 10.4 Å². The molecule has 5 aliphatic rings. The van der Waals surface area contributed by atoms with Crippen LogP contribution < -0.4 is 44.0 Å². The Morgan fingerprint density at radius 3 is 1.78 bits per heavy atom. The van der Waals surface area contributed by atoms with Crippen molar-refractivity contribution >= 4 is 16.7 Å². The summed E-state index contributed by atoms with van der Waals surface area (Å²) in [6.07, 6.45) is -11.8. The number of H-pyrrole nitrogens is 1. The number of nitrogens with one attached hydrogen (secondary N) is 1. The van der Waals surface area contributed by atoms with Crippen LogP contribution in [0.5, 0.6) is 5.75 Å². The fourth-order valence-corrected chi connectivity index (χ4v) is 11.6. The van der Waals surface area contributed by atoms with Crippen molar-refractivity contribution in [3.05, 3.63) is 78.1 Å². The average Bonchev–Trinajstić information content (AvgIpc) is 2.01. The summed E-state index contributed by atoms with van der Waals surface area (Å²) < 4.78 is 47.9. The number of hydrogen-bond acceptors (Lipinski definition) is 28. The summed E-state index contributed by atoms with van der Waals surface area (Å²) >= 11 is 0. The Kier molecular flexibility index (Phi) is 19.6. The molecule has 1 saturated carbocycles. The molecule has 9 unspecified atom stereocenters. The van der Waals surface area contributed by atoms with E-state index in [2.05, 4.69) is 71.0 Å². The average molecular weight is 1200 g/mol. The van der Waals surface area contributed by atoms with E-state index >= 15 is 0 Å². The number of likely N-dealkylation sites (N-methyl/N-ethyl adjacent to an activating group) is 1. The second-order valence-corrected chi connectivity index (χ2v) is 23.0. The first kappa shape index (κ1) is 61.8. The van der Waals surface area contributed by atoms with Gasteiger partial charge in [0.1, 0.15) is 91.0 Å². The Bertz CT molecular complexity index is 3110. The Morgan fingerprint density at radius 2 is 1.15 bits per heavy atom. The summed E-state index contributed by atoms with van der Waals surface area (Å²) in [5, 5.41) is 91.9. The monoisotopic (exact) mass is 1200 g/mol. The van der Waals surface area contributed by atoms with Crippen LogP contribution in [-0.2, 0) is 67.5 Å². The summed E-state index contributed by atoms with van der Waals surface area (Å²) in [7, 11) is 2.16. The molecule has 8 heterocycles. The topological polar surface area (TPSA) is 469 Å². The molecule has 5 fully saturated rings. The largest absolute Gasteiger partial charge is 0.487 e. The third-order valence-electron chi connectivity index (χ3n) is 16.8. The number of unbranched alkanes of at least 4 members (excludes halogenated alkanes) is 1. The minimum Gasteiger partial charge on any atom is -0.487 e. The maximum absolute atomic E-state index is 12.0. The second-order valence-electron chi connectivity index (χ2n) is 23.0. The number of imidazole rings is 1. The van der Waals surface area contributed by atoms with Crippen molar-refractivity contribution in [1.29, 1.82) is 0 Å². The smallest absolute Gasteiger partial charge is 0.187 e. The summed E-state index contributed by atoms with van der Waals surface area (Å²) in [5.41, 5.74) is 43.3. The standard InChI is InChI=1S/C54H81N19O13/c1-69-12-14-70(15-13-69)31-8-11-35-36(18-31)62-51(61-35)27-6-9-32(10-7-27)80-26-30-24-72(67-65-30)17-16-71-22-28(63-66-71)4-2-3-5-29-23-73(68-64-29)25-39-49(85-53-41(60)46(78)44(76)38(21-56)82-53)47(79)54(83-39)86-50-42(74)33(57)19-34(58)48(50)84-52-40(59)45(77)43(75)37(20-55)81-52/h6-11,18,22-24,33-34,37-50,52-54,74-79H,2-5,12-17,19-21,25-26,55-60H2,1H3,(H,61,62)/t33-,34?,37?,38?,39?,40?,41?,42-,43-,44-,45-,46?,47+,48-,49+,50?,52-,53-,54?/m1/s1. The Morgan fingerprint density at radius 1 is 0.593 bits per heavy atom. The van der Waals surface area contributed by atoms with Gasteiger partial charge in [-0.15, -0.1) is 15.3 Å². The minimum absolute atomic E-state index is 0.0501. The van der Waals surface area contributed by atoms with Crippen molar-refractivity contribution in [2.45, 2.75) is 175 Å². The Balaban J connectivity index is 0.651. The van der Waals surface area contributed by atoms with E-state index in [-0.39, 0.29) is 32.7 Å². The fraction of sp³-hybridized carbons (Fsp3) is 0.648. The minimum atomic E-state index is -1.62. The highest BCUT2D eigenvalue weighted by atomic mass is 16.8. The molecule has 32 heteroatoms. The molecule has 86 heavy (non-hydrogen) atoms. The van der Waals surface area contributed by atoms with Crippen molar-refractivity contribution in [3.63, 3.8) is 0 Å². The van der Waals surface area contributed by atoms with E-state index in [0.29, 0.717) is 43.1 Å². The Hall–Kier alpha value is -5.83. The van der Waals surface area contributed by atoms with Crippen LogP contribution in [0.25, 0.3) is 22.4 Å². The number of aliphatic hydroxyl groups is 6. The first-order valence-electron chi connectivity index (χ1n) is 29.3. The number of hydrogen-bond donors (Lipinski definition) is 13. The number of aliphatic hydroxyl groups excluding tert-OH is 6. The molecule has 0 bridgehead atoms. The number of aromatic nitrogens is 11. The van der Waals surface area contributed by atoms with E-state index in [4.69, 9.17) is 72.5 Å². The quantitative estimate of drug-likeness (QED) is 0.0267. The van der Waals surface area contributed by atoms with Crippen LogP contribution >= 0.6 is 0 Å². The van der Waals surface area contributed by atoms with Crippen molar-refractivity contribution in [1.82, 2.24) is 59.8 Å². The molecule has 11 rings (SSSR count). The van der Waals surface area contributed by atoms with Gasteiger partial charge in [0.15, 0.2) is 18.9 Å². The van der Waals surface area contributed by atoms with Crippen LogP contribution in [0.2, 0.25) is 0 Å². The third kappa shape index (κ3) is 13.9. The highest BCUT2D eigenvalue weighted by Crippen LogP contribution is 2.36. The maximum Gasteiger partial charge on any atom is 0.187 e. The summed E-state index contributed by atoms with van der Waals surface area (Å²) in [4.78, 5) is 13.1. The predicted molar refractivity (Wildman–Crippen MR) is 304 cm³/mol. The zero-order chi connectivity index (χ0) is 60.3. The first-order chi connectivity index (χ1) is 41.5. The van der Waals surface area contributed by atoms with E-state index in [9.17, 15) is 30.6 Å². The molecule has 32 nitrogen and oxygen atoms in total. The van der Waals surface area contributed by atoms with Crippen LogP contribution in [0, 0.1) is 0 Å². The predicted octanol–water partition coefficient (Wildman–Crippen LogP) is -5.27. The van der Waals surface area contributed by atoms with Crippen molar-refractivity contribution in [2.24, 2.45) is 34.4 Å². The Labute approximate surface area is 494 Å². The van der Waals surface area contributed by atoms with Crippen LogP contribution in [0.15, 0.2) is 61.1 Å². The van der Waals surface area contributed by atoms with Gasteiger partial charge in [-0.25, -0.2) is 9.67 Å². The molecule has 0 radical (unpaired) electrons. The first-order valence-corrected chi connectivity index (χ1v) is 29.3. The van der Waals surface area contributed by atoms with E-state index < -0.39 is 116 Å². The van der Waals surface area contributed by atoms with Gasteiger partial charge in [0.05, 0.1) is 66.4 Å². The van der Waals surface area contributed by atoms with Gasteiger partial charge < -0.3 is 113 Å². The summed E-state index contributed by atoms with van der Waals surface area (Å²) in [5.74, 6) is 1.50. The molecule has 6 aromatic rings. The lowest BCUT2D eigenvalue weighted by Gasteiger charge is -2.47. The summed E-state index contributed by atoms with van der Waals surface area (Å²) in [6, 6.07) is 9.88. The number of aromatic amines is 1. The van der Waals surface area contributed by atoms with Gasteiger partial charge >= 0.3 is 0 Å². The van der Waals surface area contributed by atoms with Crippen molar-refractivity contribution < 1.29 is 63.8 Å². The van der Waals surface area contributed by atoms with Crippen LogP contribution in [0.4, 0.5) is 5.69 Å². The molecule has 470 valence electrons. The lowest BCUT2D eigenvalue weighted by Crippen LogP contribution is -2.68. The van der Waals surface area contributed by atoms with Crippen LogP contribution in [0.1, 0.15) is 36.3 Å². The van der Waals surface area contributed by atoms with Gasteiger partial charge in [0, 0.05) is 75.0 Å². The number of benzene rings is 2. The SMILES string of the molecule is CN1CCN(c2ccc3nc(-c4ccc(OCc5cn(CCn6cc(CCCCc7cn(CC8OC(OC9[C@H](O[C@H]%10OC(CN)[C@@H](O)[C@H](O)C%10N)C(N)C[C@@H](N)[C@H]9O)[C@@H](O)[C@H]8O[C@H]8OC(CN)[C@@H](O)C(O)C8N)nn7)nn6)nn5)cc4)[nH]c3c2)CC1. The molecule has 2 aromatic carbocycles. The zero-order valence-electron chi connectivity index (χ0n) is 47.7. The maximum atomic E-state index is 12.0. The lowest BCUT2D eigenvalue weighted by atomic mass is 9.84. The van der Waals surface area contributed by atoms with Gasteiger partial charge in [-0.05, 0) is 81.6 Å². The van der Waals surface area contributed by atoms with Crippen LogP contribution in [0.3, 0.4) is 0 Å². The highest BCUT2D eigenvalue weighted by molar-refractivity contribution is 5.83. The zero-order valence-corrected chi connectivity index (χ0v) is 47.7. The van der Waals surface area contributed by atoms with Crippen molar-refractivity contribution in [3.8, 4) is 17.1 Å². The number of nitrogens with zero attached hydrogens (tertiary/aromatic N) is 12.